The molecule has 0 unspecified atom stereocenters. The topological polar surface area (TPSA) is 26.0 Å². The van der Waals surface area contributed by atoms with Crippen LogP contribution in [0, 0.1) is 0 Å². The smallest absolute Gasteiger partial charge is 0.0194 e. The van der Waals surface area contributed by atoms with Crippen molar-refractivity contribution in [2.75, 3.05) is 7.05 Å². The Hall–Kier alpha value is -0.0400. The van der Waals surface area contributed by atoms with E-state index < -0.39 is 0 Å². The second-order valence-electron chi connectivity index (χ2n) is 0. The standard InChI is InChI=1S/2C2H6.CH5N.CH4/c3*1-2;/h2*1-2H3;2H2,1H3;1H4/i;;;1T. The molecule has 0 aliphatic rings. The van der Waals surface area contributed by atoms with E-state index in [1.54, 1.807) is 0 Å². The lowest BCUT2D eigenvalue weighted by atomic mass is 11.0. The van der Waals surface area contributed by atoms with Gasteiger partial charge in [0.05, 0.1) is 0 Å². The largest absolute Gasteiger partial charge is 0.333 e. The Balaban J connectivity index is -0.0000000133. The first-order valence-electron chi connectivity index (χ1n) is 3.58. The van der Waals surface area contributed by atoms with Gasteiger partial charge in [-0.1, -0.05) is 35.1 Å². The molecule has 0 aliphatic heterocycles. The third kappa shape index (κ3) is 58400. The van der Waals surface area contributed by atoms with Crippen molar-refractivity contribution >= 4 is 0 Å². The lowest BCUT2D eigenvalue weighted by Crippen LogP contribution is -1.69. The highest BCUT2D eigenvalue weighted by Crippen LogP contribution is 1.15. The average molecular weight is 109 g/mol. The van der Waals surface area contributed by atoms with Crippen molar-refractivity contribution in [2.24, 2.45) is 5.73 Å². The third-order valence-corrected chi connectivity index (χ3v) is 0. The summed E-state index contributed by atoms with van der Waals surface area (Å²) in [5, 5.41) is 0. The number of hydrogen-bond acceptors (Lipinski definition) is 1. The van der Waals surface area contributed by atoms with E-state index in [9.17, 15) is 0 Å². The van der Waals surface area contributed by atoms with Crippen LogP contribution in [-0.2, 0) is 0 Å². The Bertz CT molecular complexity index is 8.49. The molecule has 0 fully saturated rings. The van der Waals surface area contributed by atoms with Gasteiger partial charge in [-0.05, 0) is 7.05 Å². The van der Waals surface area contributed by atoms with Crippen molar-refractivity contribution < 1.29 is 1.37 Å². The summed E-state index contributed by atoms with van der Waals surface area (Å²) in [5.41, 5.74) is 4.50. The third-order valence-electron chi connectivity index (χ3n) is 0. The minimum Gasteiger partial charge on any atom is -0.333 e. The van der Waals surface area contributed by atoms with Crippen LogP contribution in [0.25, 0.3) is 0 Å². The molecule has 1 nitrogen and oxygen atoms in total. The number of rotatable bonds is 0. The second-order valence-corrected chi connectivity index (χ2v) is 0. The van der Waals surface area contributed by atoms with Crippen LogP contribution < -0.4 is 5.73 Å². The molecule has 0 aromatic heterocycles. The van der Waals surface area contributed by atoms with E-state index in [2.05, 4.69) is 5.73 Å². The molecule has 0 saturated carbocycles. The average Bonchev–Trinajstić information content (AvgIpc) is 2.03. The lowest BCUT2D eigenvalue weighted by Gasteiger charge is -1.19. The van der Waals surface area contributed by atoms with Crippen LogP contribution in [0.2, 0.25) is 0 Å². The molecule has 0 heterocycles. The minimum atomic E-state index is 1.25. The van der Waals surface area contributed by atoms with Crippen LogP contribution in [0.3, 0.4) is 0 Å². The zero-order valence-electron chi connectivity index (χ0n) is 7.58. The van der Waals surface area contributed by atoms with Crippen molar-refractivity contribution in [3.8, 4) is 0 Å². The van der Waals surface area contributed by atoms with E-state index in [1.807, 2.05) is 27.7 Å². The summed E-state index contributed by atoms with van der Waals surface area (Å²) in [6.45, 7) is 8.00. The summed E-state index contributed by atoms with van der Waals surface area (Å²) in [7, 11) is 2.75. The maximum absolute atomic E-state index is 5.75. The van der Waals surface area contributed by atoms with Crippen LogP contribution >= 0.6 is 0 Å². The maximum Gasteiger partial charge on any atom is 0.0194 e. The van der Waals surface area contributed by atoms with Crippen LogP contribution in [0.4, 0.5) is 0 Å². The van der Waals surface area contributed by atoms with Gasteiger partial charge in [0.2, 0.25) is 0 Å². The Labute approximate surface area is 50.3 Å². The second kappa shape index (κ2) is 91600. The molecule has 0 bridgehead atoms. The fourth-order valence-corrected chi connectivity index (χ4v) is 0. The van der Waals surface area contributed by atoms with Gasteiger partial charge in [0, 0.05) is 1.37 Å². The van der Waals surface area contributed by atoms with Gasteiger partial charge in [-0.25, -0.2) is 0 Å². The number of nitrogens with two attached hydrogens (primary N) is 1. The molecule has 0 spiro atoms. The fourth-order valence-electron chi connectivity index (χ4n) is 0. The lowest BCUT2D eigenvalue weighted by molar-refractivity contribution is 1.48. The van der Waals surface area contributed by atoms with Crippen LogP contribution in [0.1, 0.15) is 36.5 Å². The van der Waals surface area contributed by atoms with E-state index in [4.69, 9.17) is 1.37 Å². The molecule has 0 radical (unpaired) electrons. The molecule has 0 aromatic rings. The van der Waals surface area contributed by atoms with Crippen molar-refractivity contribution in [2.45, 2.75) is 35.1 Å². The zero-order valence-corrected chi connectivity index (χ0v) is 6.58. The summed E-state index contributed by atoms with van der Waals surface area (Å²) in [6, 6.07) is 0. The minimum absolute atomic E-state index is 1.25. The van der Waals surface area contributed by atoms with Crippen LogP contribution in [0.5, 0.6) is 0 Å². The molecule has 2 N–H and O–H groups in total. The van der Waals surface area contributed by atoms with Crippen LogP contribution in [0.15, 0.2) is 0 Å². The first-order valence-corrected chi connectivity index (χ1v) is 2.58. The van der Waals surface area contributed by atoms with Gasteiger partial charge in [0.25, 0.3) is 0 Å². The molecule has 0 rings (SSSR count). The molecule has 0 aliphatic carbocycles. The quantitative estimate of drug-likeness (QED) is 0.507. The summed E-state index contributed by atoms with van der Waals surface area (Å²) >= 11 is 0. The van der Waals surface area contributed by atoms with E-state index >= 15 is 0 Å². The zero-order chi connectivity index (χ0) is 8.00. The molecule has 1 heteroatoms. The van der Waals surface area contributed by atoms with Gasteiger partial charge >= 0.3 is 0 Å². The highest BCUT2D eigenvalue weighted by molar-refractivity contribution is 3.54. The van der Waals surface area contributed by atoms with E-state index in [-0.39, 0.29) is 0 Å². The van der Waals surface area contributed by atoms with Crippen LogP contribution in [-0.4, -0.2) is 7.05 Å². The normalized spacial score (nSPS) is 3.57. The van der Waals surface area contributed by atoms with Crippen molar-refractivity contribution in [3.05, 3.63) is 0 Å². The van der Waals surface area contributed by atoms with Gasteiger partial charge < -0.3 is 5.73 Å². The van der Waals surface area contributed by atoms with Crippen molar-refractivity contribution in [3.63, 3.8) is 0 Å². The van der Waals surface area contributed by atoms with Gasteiger partial charge in [0.1, 0.15) is 0 Å². The van der Waals surface area contributed by atoms with Crippen molar-refractivity contribution in [1.82, 2.24) is 0 Å². The Kier molecular flexibility index (Phi) is 206000. The van der Waals surface area contributed by atoms with E-state index in [0.717, 1.165) is 0 Å². The summed E-state index contributed by atoms with van der Waals surface area (Å²) in [4.78, 5) is 0. The van der Waals surface area contributed by atoms with Crippen molar-refractivity contribution in [1.29, 1.82) is 0 Å². The Morgan fingerprint density at radius 1 is 1.00 bits per heavy atom. The summed E-state index contributed by atoms with van der Waals surface area (Å²) in [6.07, 6.45) is 0. The Morgan fingerprint density at radius 2 is 1.00 bits per heavy atom. The summed E-state index contributed by atoms with van der Waals surface area (Å²) in [5.74, 6) is 0. The molecule has 0 atom stereocenters. The van der Waals surface area contributed by atoms with Gasteiger partial charge in [-0.2, -0.15) is 0 Å². The molecule has 0 saturated heterocycles. The van der Waals surface area contributed by atoms with Gasteiger partial charge in [-0.15, -0.1) is 0 Å². The fraction of sp³-hybridized carbons (Fsp3) is 1.00. The van der Waals surface area contributed by atoms with Gasteiger partial charge in [0.15, 0.2) is 0 Å². The first-order chi connectivity index (χ1) is 4.00. The van der Waals surface area contributed by atoms with E-state index in [1.165, 1.54) is 14.5 Å². The maximum atomic E-state index is 5.75. The number of hydrogen-bond donors (Lipinski definition) is 1. The molecule has 7 heavy (non-hydrogen) atoms. The highest BCUT2D eigenvalue weighted by Gasteiger charge is 0.934. The molecular weight excluding hydrogens is 86.1 g/mol. The Morgan fingerprint density at radius 3 is 1.00 bits per heavy atom. The SMILES string of the molecule is CC.CC.CN.[3H]C. The predicted molar refractivity (Wildman–Crippen MR) is 39.5 cm³/mol. The monoisotopic (exact) mass is 109 g/mol. The molecule has 50 valence electrons. The van der Waals surface area contributed by atoms with E-state index in [0.29, 0.717) is 0 Å². The highest BCUT2D eigenvalue weighted by atomic mass is 14.4. The summed E-state index contributed by atoms with van der Waals surface area (Å²) < 4.78 is 5.75. The van der Waals surface area contributed by atoms with Gasteiger partial charge in [-0.3, -0.25) is 0 Å². The molecule has 0 aromatic carbocycles. The molecule has 0 amide bonds. The molecular formula is C6H21N. The predicted octanol–water partition coefficient (Wildman–Crippen LogP) is 2.26. The first kappa shape index (κ1) is 15.8.